The third-order valence-corrected chi connectivity index (χ3v) is 1.37. The minimum Gasteiger partial charge on any atom is -0.302 e. The zero-order valence-corrected chi connectivity index (χ0v) is 7.06. The number of hydrogen-bond donors (Lipinski definition) is 0. The van der Waals surface area contributed by atoms with Crippen LogP contribution in [0.5, 0.6) is 0 Å². The van der Waals surface area contributed by atoms with Gasteiger partial charge in [0.25, 0.3) is 0 Å². The topological polar surface area (TPSA) is 3.24 Å². The second-order valence-corrected chi connectivity index (χ2v) is 2.60. The van der Waals surface area contributed by atoms with Crippen LogP contribution in [0.1, 0.15) is 13.3 Å². The molecule has 0 unspecified atom stereocenters. The van der Waals surface area contributed by atoms with Gasteiger partial charge in [-0.15, -0.1) is 0 Å². The summed E-state index contributed by atoms with van der Waals surface area (Å²) in [4.78, 5) is 2.24. The summed E-state index contributed by atoms with van der Waals surface area (Å²) < 4.78 is 0. The van der Waals surface area contributed by atoms with Crippen LogP contribution in [0, 0.1) is 0 Å². The van der Waals surface area contributed by atoms with E-state index in [1.165, 1.54) is 6.42 Å². The molecule has 0 aromatic heterocycles. The maximum absolute atomic E-state index is 3.84. The summed E-state index contributed by atoms with van der Waals surface area (Å²) in [5, 5.41) is 0. The molecule has 0 fully saturated rings. The Morgan fingerprint density at radius 2 is 2.20 bits per heavy atom. The van der Waals surface area contributed by atoms with Gasteiger partial charge in [0.15, 0.2) is 0 Å². The van der Waals surface area contributed by atoms with Crippen LogP contribution < -0.4 is 0 Å². The highest BCUT2D eigenvalue weighted by Crippen LogP contribution is 1.95. The normalized spacial score (nSPS) is 9.90. The summed E-state index contributed by atoms with van der Waals surface area (Å²) in [6, 6.07) is 0. The number of nitrogens with zero attached hydrogens (tertiary/aromatic N) is 1. The van der Waals surface area contributed by atoms with Gasteiger partial charge in [-0.05, 0) is 25.6 Å². The van der Waals surface area contributed by atoms with E-state index in [0.717, 1.165) is 18.7 Å². The zero-order chi connectivity index (χ0) is 7.98. The minimum absolute atomic E-state index is 0.942. The maximum atomic E-state index is 3.84. The minimum atomic E-state index is 0.942. The van der Waals surface area contributed by atoms with Gasteiger partial charge in [-0.2, -0.15) is 0 Å². The molecule has 0 aliphatic rings. The summed E-state index contributed by atoms with van der Waals surface area (Å²) in [7, 11) is 2.10. The molecule has 0 saturated carbocycles. The lowest BCUT2D eigenvalue weighted by Gasteiger charge is -2.14. The van der Waals surface area contributed by atoms with Gasteiger partial charge in [0.2, 0.25) is 0 Å². The van der Waals surface area contributed by atoms with Crippen molar-refractivity contribution in [1.29, 1.82) is 0 Å². The van der Waals surface area contributed by atoms with Crippen molar-refractivity contribution in [2.45, 2.75) is 13.3 Å². The second-order valence-electron chi connectivity index (χ2n) is 2.60. The van der Waals surface area contributed by atoms with E-state index in [2.05, 4.69) is 32.0 Å². The summed E-state index contributed by atoms with van der Waals surface area (Å²) in [5.74, 6) is 0. The molecule has 0 rings (SSSR count). The first-order valence-electron chi connectivity index (χ1n) is 3.69. The quantitative estimate of drug-likeness (QED) is 0.527. The van der Waals surface area contributed by atoms with E-state index in [1.54, 1.807) is 0 Å². The SMILES string of the molecule is C=CC(=C)CN(C)CCC. The molecule has 0 aromatic rings. The average molecular weight is 139 g/mol. The predicted octanol–water partition coefficient (Wildman–Crippen LogP) is 2.07. The number of hydrogen-bond acceptors (Lipinski definition) is 1. The van der Waals surface area contributed by atoms with Crippen LogP contribution in [0.2, 0.25) is 0 Å². The Morgan fingerprint density at radius 3 is 2.60 bits per heavy atom. The van der Waals surface area contributed by atoms with Gasteiger partial charge >= 0.3 is 0 Å². The van der Waals surface area contributed by atoms with Crippen LogP contribution in [0.15, 0.2) is 24.8 Å². The van der Waals surface area contributed by atoms with Gasteiger partial charge in [-0.1, -0.05) is 26.2 Å². The van der Waals surface area contributed by atoms with Crippen molar-refractivity contribution in [2.75, 3.05) is 20.1 Å². The largest absolute Gasteiger partial charge is 0.302 e. The van der Waals surface area contributed by atoms with E-state index in [9.17, 15) is 0 Å². The van der Waals surface area contributed by atoms with Crippen molar-refractivity contribution in [3.05, 3.63) is 24.8 Å². The number of likely N-dealkylation sites (N-methyl/N-ethyl adjacent to an activating group) is 1. The van der Waals surface area contributed by atoms with Crippen LogP contribution in [0.25, 0.3) is 0 Å². The Hall–Kier alpha value is -0.560. The first-order chi connectivity index (χ1) is 4.70. The summed E-state index contributed by atoms with van der Waals surface area (Å²) in [5.41, 5.74) is 1.09. The van der Waals surface area contributed by atoms with Crippen molar-refractivity contribution in [3.63, 3.8) is 0 Å². The second kappa shape index (κ2) is 5.24. The molecular weight excluding hydrogens is 122 g/mol. The molecule has 58 valence electrons. The summed E-state index contributed by atoms with van der Waals surface area (Å²) in [6.07, 6.45) is 3.01. The molecule has 0 amide bonds. The van der Waals surface area contributed by atoms with Gasteiger partial charge in [-0.3, -0.25) is 0 Å². The smallest absolute Gasteiger partial charge is 0.0224 e. The van der Waals surface area contributed by atoms with E-state index in [4.69, 9.17) is 0 Å². The van der Waals surface area contributed by atoms with Gasteiger partial charge in [-0.25, -0.2) is 0 Å². The Balaban J connectivity index is 3.46. The standard InChI is InChI=1S/C9H17N/c1-5-7-10(4)8-9(3)6-2/h6H,2-3,5,7-8H2,1,4H3. The van der Waals surface area contributed by atoms with Crippen LogP contribution in [0.4, 0.5) is 0 Å². The highest BCUT2D eigenvalue weighted by atomic mass is 15.1. The van der Waals surface area contributed by atoms with E-state index < -0.39 is 0 Å². The first kappa shape index (κ1) is 9.44. The predicted molar refractivity (Wildman–Crippen MR) is 47.1 cm³/mol. The fourth-order valence-corrected chi connectivity index (χ4v) is 0.872. The molecule has 0 spiro atoms. The lowest BCUT2D eigenvalue weighted by Crippen LogP contribution is -2.20. The molecule has 0 atom stereocenters. The molecule has 0 radical (unpaired) electrons. The molecule has 10 heavy (non-hydrogen) atoms. The van der Waals surface area contributed by atoms with E-state index in [0.29, 0.717) is 0 Å². The molecular formula is C9H17N. The van der Waals surface area contributed by atoms with Gasteiger partial charge in [0, 0.05) is 6.54 Å². The molecule has 0 aliphatic carbocycles. The highest BCUT2D eigenvalue weighted by Gasteiger charge is 1.95. The number of rotatable bonds is 5. The first-order valence-corrected chi connectivity index (χ1v) is 3.69. The van der Waals surface area contributed by atoms with Crippen LogP contribution in [-0.2, 0) is 0 Å². The van der Waals surface area contributed by atoms with Crippen LogP contribution >= 0.6 is 0 Å². The Labute approximate surface area is 64.0 Å². The van der Waals surface area contributed by atoms with E-state index in [-0.39, 0.29) is 0 Å². The molecule has 1 nitrogen and oxygen atoms in total. The van der Waals surface area contributed by atoms with Crippen molar-refractivity contribution in [2.24, 2.45) is 0 Å². The molecule has 1 heteroatoms. The lowest BCUT2D eigenvalue weighted by molar-refractivity contribution is 0.365. The Bertz CT molecular complexity index is 116. The molecule has 0 saturated heterocycles. The van der Waals surface area contributed by atoms with Crippen molar-refractivity contribution < 1.29 is 0 Å². The van der Waals surface area contributed by atoms with Crippen molar-refractivity contribution >= 4 is 0 Å². The summed E-state index contributed by atoms with van der Waals surface area (Å²) >= 11 is 0. The fraction of sp³-hybridized carbons (Fsp3) is 0.556. The maximum Gasteiger partial charge on any atom is 0.0224 e. The Kier molecular flexibility index (Phi) is 4.95. The third-order valence-electron chi connectivity index (χ3n) is 1.37. The molecule has 0 bridgehead atoms. The third kappa shape index (κ3) is 4.33. The monoisotopic (exact) mass is 139 g/mol. The molecule has 0 aliphatic heterocycles. The lowest BCUT2D eigenvalue weighted by atomic mass is 10.3. The van der Waals surface area contributed by atoms with Gasteiger partial charge in [0.05, 0.1) is 0 Å². The summed E-state index contributed by atoms with van der Waals surface area (Å²) in [6.45, 7) is 11.7. The van der Waals surface area contributed by atoms with Crippen molar-refractivity contribution in [3.8, 4) is 0 Å². The molecule has 0 aromatic carbocycles. The Morgan fingerprint density at radius 1 is 1.60 bits per heavy atom. The van der Waals surface area contributed by atoms with E-state index >= 15 is 0 Å². The average Bonchev–Trinajstić information content (AvgIpc) is 1.88. The van der Waals surface area contributed by atoms with Gasteiger partial charge < -0.3 is 4.90 Å². The van der Waals surface area contributed by atoms with Crippen LogP contribution in [-0.4, -0.2) is 25.0 Å². The van der Waals surface area contributed by atoms with E-state index in [1.807, 2.05) is 6.08 Å². The zero-order valence-electron chi connectivity index (χ0n) is 7.06. The highest BCUT2D eigenvalue weighted by molar-refractivity contribution is 5.12. The van der Waals surface area contributed by atoms with Crippen LogP contribution in [0.3, 0.4) is 0 Å². The fourth-order valence-electron chi connectivity index (χ4n) is 0.872. The van der Waals surface area contributed by atoms with Gasteiger partial charge in [0.1, 0.15) is 0 Å². The molecule has 0 N–H and O–H groups in total. The van der Waals surface area contributed by atoms with Crippen molar-refractivity contribution in [1.82, 2.24) is 4.90 Å². The molecule has 0 heterocycles.